The van der Waals surface area contributed by atoms with Crippen molar-refractivity contribution in [2.24, 2.45) is 0 Å². The van der Waals surface area contributed by atoms with Gasteiger partial charge in [-0.15, -0.1) is 0 Å². The molecular weight excluding hydrogens is 192 g/mol. The minimum absolute atomic E-state index is 0.144. The van der Waals surface area contributed by atoms with Crippen molar-refractivity contribution in [3.05, 3.63) is 23.8 Å². The number of ether oxygens (including phenoxy) is 1. The first-order valence-electron chi connectivity index (χ1n) is 3.41. The number of benzene rings is 1. The molecule has 0 heterocycles. The minimum Gasteiger partial charge on any atom is -0.493 e. The summed E-state index contributed by atoms with van der Waals surface area (Å²) in [5.74, 6) is -0.283. The standard InChI is InChI=1S/C8H8O4S/c1-11-7-4-5(8(9)10)2-3-6(7)12-13/h2-4,13H,1H3,(H,9,10). The summed E-state index contributed by atoms with van der Waals surface area (Å²) in [4.78, 5) is 10.6. The highest BCUT2D eigenvalue weighted by Gasteiger charge is 2.08. The Morgan fingerprint density at radius 1 is 1.46 bits per heavy atom. The molecule has 1 N–H and O–H groups in total. The monoisotopic (exact) mass is 200 g/mol. The van der Waals surface area contributed by atoms with E-state index in [0.717, 1.165) is 0 Å². The summed E-state index contributed by atoms with van der Waals surface area (Å²) < 4.78 is 9.54. The van der Waals surface area contributed by atoms with Crippen LogP contribution in [-0.2, 0) is 0 Å². The number of hydrogen-bond acceptors (Lipinski definition) is 4. The van der Waals surface area contributed by atoms with Gasteiger partial charge in [-0.2, -0.15) is 0 Å². The van der Waals surface area contributed by atoms with Gasteiger partial charge in [-0.1, -0.05) is 0 Å². The van der Waals surface area contributed by atoms with E-state index in [9.17, 15) is 4.79 Å². The summed E-state index contributed by atoms with van der Waals surface area (Å²) in [5.41, 5.74) is 0.144. The quantitative estimate of drug-likeness (QED) is 0.575. The highest BCUT2D eigenvalue weighted by atomic mass is 32.1. The van der Waals surface area contributed by atoms with E-state index in [1.165, 1.54) is 25.3 Å². The Hall–Kier alpha value is -1.36. The fraction of sp³-hybridized carbons (Fsp3) is 0.125. The maximum absolute atomic E-state index is 10.6. The van der Waals surface area contributed by atoms with Gasteiger partial charge in [0, 0.05) is 12.9 Å². The molecule has 0 amide bonds. The Morgan fingerprint density at radius 2 is 2.15 bits per heavy atom. The van der Waals surface area contributed by atoms with E-state index in [4.69, 9.17) is 9.84 Å². The molecule has 0 radical (unpaired) electrons. The second kappa shape index (κ2) is 4.04. The van der Waals surface area contributed by atoms with Gasteiger partial charge >= 0.3 is 5.97 Å². The summed E-state index contributed by atoms with van der Waals surface area (Å²) in [6.45, 7) is 0. The third-order valence-electron chi connectivity index (χ3n) is 1.51. The number of carboxylic acid groups (broad SMARTS) is 1. The van der Waals surface area contributed by atoms with E-state index in [1.807, 2.05) is 0 Å². The van der Waals surface area contributed by atoms with Crippen LogP contribution >= 0.6 is 12.9 Å². The fourth-order valence-electron chi connectivity index (χ4n) is 0.876. The van der Waals surface area contributed by atoms with E-state index < -0.39 is 5.97 Å². The Morgan fingerprint density at radius 3 is 2.62 bits per heavy atom. The molecular formula is C8H8O4S. The first-order valence-corrected chi connectivity index (χ1v) is 3.78. The van der Waals surface area contributed by atoms with Crippen molar-refractivity contribution in [2.75, 3.05) is 7.11 Å². The summed E-state index contributed by atoms with van der Waals surface area (Å²) in [6.07, 6.45) is 0. The van der Waals surface area contributed by atoms with Gasteiger partial charge in [0.15, 0.2) is 11.5 Å². The third kappa shape index (κ3) is 2.06. The van der Waals surface area contributed by atoms with Crippen molar-refractivity contribution in [1.29, 1.82) is 0 Å². The van der Waals surface area contributed by atoms with Crippen LogP contribution in [0.25, 0.3) is 0 Å². The lowest BCUT2D eigenvalue weighted by Gasteiger charge is -2.05. The SMILES string of the molecule is COc1cc(C(=O)O)ccc1OS. The summed E-state index contributed by atoms with van der Waals surface area (Å²) in [6, 6.07) is 4.26. The predicted octanol–water partition coefficient (Wildman–Crippen LogP) is 1.62. The van der Waals surface area contributed by atoms with Crippen molar-refractivity contribution in [3.8, 4) is 11.5 Å². The fourth-order valence-corrected chi connectivity index (χ4v) is 1.03. The number of methoxy groups -OCH3 is 1. The molecule has 13 heavy (non-hydrogen) atoms. The van der Waals surface area contributed by atoms with Gasteiger partial charge in [0.1, 0.15) is 0 Å². The Kier molecular flexibility index (Phi) is 3.02. The number of thiol groups is 1. The van der Waals surface area contributed by atoms with E-state index in [-0.39, 0.29) is 5.56 Å². The van der Waals surface area contributed by atoms with Gasteiger partial charge in [0.2, 0.25) is 0 Å². The Bertz CT molecular complexity index is 324. The Balaban J connectivity index is 3.13. The van der Waals surface area contributed by atoms with Crippen molar-refractivity contribution in [3.63, 3.8) is 0 Å². The molecule has 1 aromatic rings. The van der Waals surface area contributed by atoms with Crippen LogP contribution in [0.2, 0.25) is 0 Å². The molecule has 70 valence electrons. The van der Waals surface area contributed by atoms with E-state index in [2.05, 4.69) is 17.1 Å². The zero-order valence-electron chi connectivity index (χ0n) is 6.85. The maximum atomic E-state index is 10.6. The van der Waals surface area contributed by atoms with Gasteiger partial charge in [0.25, 0.3) is 0 Å². The molecule has 0 atom stereocenters. The summed E-state index contributed by atoms with van der Waals surface area (Å²) in [5, 5.41) is 8.65. The van der Waals surface area contributed by atoms with E-state index >= 15 is 0 Å². The highest BCUT2D eigenvalue weighted by molar-refractivity contribution is 7.75. The summed E-state index contributed by atoms with van der Waals surface area (Å²) >= 11 is 3.59. The lowest BCUT2D eigenvalue weighted by atomic mass is 10.2. The van der Waals surface area contributed by atoms with Crippen LogP contribution in [0.5, 0.6) is 11.5 Å². The number of aromatic carboxylic acids is 1. The van der Waals surface area contributed by atoms with Crippen molar-refractivity contribution < 1.29 is 18.8 Å². The van der Waals surface area contributed by atoms with Crippen LogP contribution in [0.1, 0.15) is 10.4 Å². The van der Waals surface area contributed by atoms with Crippen LogP contribution in [-0.4, -0.2) is 18.2 Å². The molecule has 0 saturated carbocycles. The minimum atomic E-state index is -1.01. The third-order valence-corrected chi connectivity index (χ3v) is 1.71. The number of rotatable bonds is 3. The predicted molar refractivity (Wildman–Crippen MR) is 49.6 cm³/mol. The van der Waals surface area contributed by atoms with E-state index in [0.29, 0.717) is 11.5 Å². The maximum Gasteiger partial charge on any atom is 0.335 e. The van der Waals surface area contributed by atoms with Gasteiger partial charge in [-0.25, -0.2) is 4.79 Å². The Labute approximate surface area is 80.7 Å². The molecule has 5 heteroatoms. The van der Waals surface area contributed by atoms with Gasteiger partial charge in [-0.05, 0) is 18.2 Å². The molecule has 0 spiro atoms. The zero-order valence-corrected chi connectivity index (χ0v) is 7.75. The van der Waals surface area contributed by atoms with Crippen LogP contribution in [0.4, 0.5) is 0 Å². The molecule has 1 aromatic carbocycles. The second-order valence-corrected chi connectivity index (χ2v) is 2.44. The molecule has 0 aliphatic heterocycles. The number of carbonyl (C=O) groups is 1. The normalized spacial score (nSPS) is 9.38. The van der Waals surface area contributed by atoms with Crippen molar-refractivity contribution in [1.82, 2.24) is 0 Å². The number of carboxylic acids is 1. The molecule has 0 unspecified atom stereocenters. The molecule has 0 aromatic heterocycles. The average molecular weight is 200 g/mol. The topological polar surface area (TPSA) is 55.8 Å². The van der Waals surface area contributed by atoms with Crippen LogP contribution in [0, 0.1) is 0 Å². The van der Waals surface area contributed by atoms with E-state index in [1.54, 1.807) is 0 Å². The molecule has 0 fully saturated rings. The largest absolute Gasteiger partial charge is 0.493 e. The molecule has 1 rings (SSSR count). The highest BCUT2D eigenvalue weighted by Crippen LogP contribution is 2.28. The second-order valence-electron chi connectivity index (χ2n) is 2.26. The van der Waals surface area contributed by atoms with Gasteiger partial charge < -0.3 is 14.0 Å². The first kappa shape index (κ1) is 9.73. The molecule has 0 bridgehead atoms. The van der Waals surface area contributed by atoms with Gasteiger partial charge in [0.05, 0.1) is 12.7 Å². The molecule has 0 aliphatic rings. The number of hydrogen-bond donors (Lipinski definition) is 2. The van der Waals surface area contributed by atoms with Crippen LogP contribution in [0.3, 0.4) is 0 Å². The van der Waals surface area contributed by atoms with Crippen molar-refractivity contribution >= 4 is 18.9 Å². The van der Waals surface area contributed by atoms with Crippen LogP contribution in [0.15, 0.2) is 18.2 Å². The average Bonchev–Trinajstić information content (AvgIpc) is 2.16. The lowest BCUT2D eigenvalue weighted by molar-refractivity contribution is 0.0696. The van der Waals surface area contributed by atoms with Crippen LogP contribution < -0.4 is 8.92 Å². The smallest absolute Gasteiger partial charge is 0.335 e. The lowest BCUT2D eigenvalue weighted by Crippen LogP contribution is -1.97. The molecule has 4 nitrogen and oxygen atoms in total. The summed E-state index contributed by atoms with van der Waals surface area (Å²) in [7, 11) is 1.43. The molecule has 0 aliphatic carbocycles. The van der Waals surface area contributed by atoms with Crippen molar-refractivity contribution in [2.45, 2.75) is 0 Å². The zero-order chi connectivity index (χ0) is 9.84. The van der Waals surface area contributed by atoms with Gasteiger partial charge in [-0.3, -0.25) is 0 Å². The first-order chi connectivity index (χ1) is 6.19. The molecule has 0 saturated heterocycles.